The topological polar surface area (TPSA) is 23.5 Å². The second kappa shape index (κ2) is 5.08. The minimum atomic E-state index is -0.654. The van der Waals surface area contributed by atoms with E-state index in [0.29, 0.717) is 0 Å². The molecule has 3 rings (SSSR count). The molecular formula is C16H19NOS. The van der Waals surface area contributed by atoms with Crippen molar-refractivity contribution in [3.8, 4) is 0 Å². The number of hydrogen-bond acceptors (Lipinski definition) is 3. The van der Waals surface area contributed by atoms with Gasteiger partial charge in [0.05, 0.1) is 0 Å². The van der Waals surface area contributed by atoms with E-state index in [-0.39, 0.29) is 0 Å². The fourth-order valence-electron chi connectivity index (χ4n) is 2.94. The highest BCUT2D eigenvalue weighted by Crippen LogP contribution is 2.36. The highest BCUT2D eigenvalue weighted by atomic mass is 32.1. The molecule has 0 radical (unpaired) electrons. The lowest BCUT2D eigenvalue weighted by Crippen LogP contribution is -2.30. The Labute approximate surface area is 118 Å². The Morgan fingerprint density at radius 2 is 2.05 bits per heavy atom. The van der Waals surface area contributed by atoms with Crippen LogP contribution in [0.15, 0.2) is 41.8 Å². The van der Waals surface area contributed by atoms with Crippen molar-refractivity contribution < 1.29 is 5.11 Å². The SMILES string of the molecule is Cc1sccc1C1(O)CCN(Cc2ccccc2)C1. The zero-order valence-electron chi connectivity index (χ0n) is 11.2. The number of hydrogen-bond donors (Lipinski definition) is 1. The van der Waals surface area contributed by atoms with E-state index in [0.717, 1.165) is 31.6 Å². The van der Waals surface area contributed by atoms with E-state index in [4.69, 9.17) is 0 Å². The highest BCUT2D eigenvalue weighted by molar-refractivity contribution is 7.10. The number of aryl methyl sites for hydroxylation is 1. The number of aliphatic hydroxyl groups is 1. The monoisotopic (exact) mass is 273 g/mol. The van der Waals surface area contributed by atoms with Gasteiger partial charge in [0.15, 0.2) is 0 Å². The molecule has 1 aromatic carbocycles. The van der Waals surface area contributed by atoms with Gasteiger partial charge >= 0.3 is 0 Å². The summed E-state index contributed by atoms with van der Waals surface area (Å²) in [5.41, 5.74) is 1.78. The lowest BCUT2D eigenvalue weighted by Gasteiger charge is -2.24. The Kier molecular flexibility index (Phi) is 3.44. The van der Waals surface area contributed by atoms with E-state index in [1.54, 1.807) is 11.3 Å². The Bertz CT molecular complexity index is 551. The van der Waals surface area contributed by atoms with Crippen molar-refractivity contribution in [2.45, 2.75) is 25.5 Å². The molecule has 0 saturated carbocycles. The predicted octanol–water partition coefficient (Wildman–Crippen LogP) is 3.15. The van der Waals surface area contributed by atoms with Crippen molar-refractivity contribution in [2.75, 3.05) is 13.1 Å². The fourth-order valence-corrected chi connectivity index (χ4v) is 3.73. The molecular weight excluding hydrogens is 254 g/mol. The molecule has 0 amide bonds. The van der Waals surface area contributed by atoms with E-state index < -0.39 is 5.60 Å². The largest absolute Gasteiger partial charge is 0.384 e. The molecule has 2 nitrogen and oxygen atoms in total. The zero-order valence-corrected chi connectivity index (χ0v) is 12.0. The summed E-state index contributed by atoms with van der Waals surface area (Å²) in [6, 6.07) is 12.5. The maximum absolute atomic E-state index is 10.8. The van der Waals surface area contributed by atoms with E-state index in [9.17, 15) is 5.11 Å². The number of rotatable bonds is 3. The fraction of sp³-hybridized carbons (Fsp3) is 0.375. The lowest BCUT2D eigenvalue weighted by molar-refractivity contribution is 0.0452. The van der Waals surface area contributed by atoms with Gasteiger partial charge in [0.2, 0.25) is 0 Å². The van der Waals surface area contributed by atoms with Crippen LogP contribution < -0.4 is 0 Å². The molecule has 100 valence electrons. The van der Waals surface area contributed by atoms with Gasteiger partial charge < -0.3 is 5.11 Å². The Balaban J connectivity index is 1.72. The molecule has 3 heteroatoms. The van der Waals surface area contributed by atoms with Gasteiger partial charge in [0.25, 0.3) is 0 Å². The Morgan fingerprint density at radius 1 is 1.26 bits per heavy atom. The summed E-state index contributed by atoms with van der Waals surface area (Å²) < 4.78 is 0. The average Bonchev–Trinajstić information content (AvgIpc) is 2.98. The second-order valence-electron chi connectivity index (χ2n) is 5.37. The number of benzene rings is 1. The first-order valence-electron chi connectivity index (χ1n) is 6.71. The smallest absolute Gasteiger partial charge is 0.105 e. The first-order chi connectivity index (χ1) is 9.17. The summed E-state index contributed by atoms with van der Waals surface area (Å²) >= 11 is 1.72. The van der Waals surface area contributed by atoms with Gasteiger partial charge in [-0.15, -0.1) is 11.3 Å². The van der Waals surface area contributed by atoms with Crippen molar-refractivity contribution in [3.63, 3.8) is 0 Å². The Hall–Kier alpha value is -1.16. The van der Waals surface area contributed by atoms with E-state index in [1.807, 2.05) is 6.07 Å². The molecule has 1 aliphatic rings. The quantitative estimate of drug-likeness (QED) is 0.928. The third kappa shape index (κ3) is 2.59. The van der Waals surface area contributed by atoms with Crippen molar-refractivity contribution in [1.29, 1.82) is 0 Å². The zero-order chi connectivity index (χ0) is 13.3. The molecule has 0 spiro atoms. The Morgan fingerprint density at radius 3 is 2.74 bits per heavy atom. The van der Waals surface area contributed by atoms with Gasteiger partial charge in [-0.25, -0.2) is 0 Å². The van der Waals surface area contributed by atoms with Crippen LogP contribution in [0.5, 0.6) is 0 Å². The van der Waals surface area contributed by atoms with Crippen LogP contribution in [0.4, 0.5) is 0 Å². The molecule has 2 heterocycles. The molecule has 1 aromatic heterocycles. The van der Waals surface area contributed by atoms with Crippen LogP contribution in [0.25, 0.3) is 0 Å². The average molecular weight is 273 g/mol. The summed E-state index contributed by atoms with van der Waals surface area (Å²) in [4.78, 5) is 3.58. The molecule has 1 atom stereocenters. The highest BCUT2D eigenvalue weighted by Gasteiger charge is 2.38. The number of β-amino-alcohol motifs (C(OH)–C–C–N with tert-alkyl or cyclic N) is 1. The van der Waals surface area contributed by atoms with Crippen LogP contribution >= 0.6 is 11.3 Å². The number of likely N-dealkylation sites (tertiary alicyclic amines) is 1. The van der Waals surface area contributed by atoms with Gasteiger partial charge in [0, 0.05) is 24.5 Å². The van der Waals surface area contributed by atoms with Crippen LogP contribution in [0.2, 0.25) is 0 Å². The van der Waals surface area contributed by atoms with Gasteiger partial charge in [-0.2, -0.15) is 0 Å². The van der Waals surface area contributed by atoms with Crippen LogP contribution in [0.3, 0.4) is 0 Å². The minimum absolute atomic E-state index is 0.654. The van der Waals surface area contributed by atoms with E-state index in [1.165, 1.54) is 10.4 Å². The van der Waals surface area contributed by atoms with Crippen molar-refractivity contribution >= 4 is 11.3 Å². The molecule has 1 unspecified atom stereocenters. The first kappa shape index (κ1) is 12.9. The maximum Gasteiger partial charge on any atom is 0.105 e. The van der Waals surface area contributed by atoms with Crippen LogP contribution in [0.1, 0.15) is 22.4 Å². The molecule has 0 bridgehead atoms. The maximum atomic E-state index is 10.8. The molecule has 2 aromatic rings. The van der Waals surface area contributed by atoms with Crippen molar-refractivity contribution in [2.24, 2.45) is 0 Å². The van der Waals surface area contributed by atoms with Gasteiger partial charge in [-0.05, 0) is 35.9 Å². The van der Waals surface area contributed by atoms with Gasteiger partial charge in [-0.3, -0.25) is 4.90 Å². The molecule has 1 N–H and O–H groups in total. The lowest BCUT2D eigenvalue weighted by atomic mass is 9.94. The molecule has 0 aliphatic carbocycles. The molecule has 1 aliphatic heterocycles. The summed E-state index contributed by atoms with van der Waals surface area (Å²) in [5.74, 6) is 0. The predicted molar refractivity (Wildman–Crippen MR) is 79.3 cm³/mol. The summed E-state index contributed by atoms with van der Waals surface area (Å²) in [5, 5.41) is 12.9. The minimum Gasteiger partial charge on any atom is -0.384 e. The third-order valence-electron chi connectivity index (χ3n) is 3.94. The summed E-state index contributed by atoms with van der Waals surface area (Å²) in [6.07, 6.45) is 0.831. The standard InChI is InChI=1S/C16H19NOS/c1-13-15(7-10-19-13)16(18)8-9-17(12-16)11-14-5-3-2-4-6-14/h2-7,10,18H,8-9,11-12H2,1H3. The van der Waals surface area contributed by atoms with E-state index in [2.05, 4.69) is 47.5 Å². The number of nitrogens with zero attached hydrogens (tertiary/aromatic N) is 1. The second-order valence-corrected chi connectivity index (χ2v) is 6.49. The van der Waals surface area contributed by atoms with Crippen molar-refractivity contribution in [3.05, 3.63) is 57.8 Å². The van der Waals surface area contributed by atoms with Crippen LogP contribution in [-0.4, -0.2) is 23.1 Å². The normalized spacial score (nSPS) is 23.9. The van der Waals surface area contributed by atoms with Crippen molar-refractivity contribution in [1.82, 2.24) is 4.90 Å². The van der Waals surface area contributed by atoms with Crippen LogP contribution in [-0.2, 0) is 12.1 Å². The van der Waals surface area contributed by atoms with Gasteiger partial charge in [0.1, 0.15) is 5.60 Å². The van der Waals surface area contributed by atoms with Crippen LogP contribution in [0, 0.1) is 6.92 Å². The number of thiophene rings is 1. The first-order valence-corrected chi connectivity index (χ1v) is 7.59. The summed E-state index contributed by atoms with van der Waals surface area (Å²) in [6.45, 7) is 4.71. The molecule has 1 fully saturated rings. The molecule has 19 heavy (non-hydrogen) atoms. The van der Waals surface area contributed by atoms with E-state index >= 15 is 0 Å². The summed E-state index contributed by atoms with van der Waals surface area (Å²) in [7, 11) is 0. The third-order valence-corrected chi connectivity index (χ3v) is 4.78. The van der Waals surface area contributed by atoms with Gasteiger partial charge in [-0.1, -0.05) is 30.3 Å². The molecule has 1 saturated heterocycles.